The fourth-order valence-corrected chi connectivity index (χ4v) is 2.91. The van der Waals surface area contributed by atoms with Crippen molar-refractivity contribution >= 4 is 5.91 Å². The van der Waals surface area contributed by atoms with Crippen LogP contribution in [0.5, 0.6) is 17.2 Å². The van der Waals surface area contributed by atoms with Crippen LogP contribution in [0, 0.1) is 18.2 Å². The summed E-state index contributed by atoms with van der Waals surface area (Å²) in [5, 5.41) is 0. The number of amides is 1. The standard InChI is InChI=1S/C22H24FNO4/c1-5-14-24(15-16-6-10-18(23)11-7-16)20(25)13-9-17-8-12-19(26-2)22(28-4)21(17)27-3/h1,6-8,10-12H,9,13-15H2,2-4H3. The van der Waals surface area contributed by atoms with Gasteiger partial charge in [-0.3, -0.25) is 4.79 Å². The molecule has 0 saturated carbocycles. The molecule has 0 fully saturated rings. The molecule has 0 atom stereocenters. The maximum atomic E-state index is 13.1. The second-order valence-electron chi connectivity index (χ2n) is 6.07. The van der Waals surface area contributed by atoms with E-state index >= 15 is 0 Å². The molecule has 28 heavy (non-hydrogen) atoms. The molecule has 1 amide bonds. The van der Waals surface area contributed by atoms with Crippen LogP contribution in [0.15, 0.2) is 36.4 Å². The smallest absolute Gasteiger partial charge is 0.223 e. The molecule has 2 aromatic carbocycles. The SMILES string of the molecule is C#CCN(Cc1ccc(F)cc1)C(=O)CCc1ccc(OC)c(OC)c1OC. The Morgan fingerprint density at radius 1 is 1.04 bits per heavy atom. The number of carbonyl (C=O) groups is 1. The number of rotatable bonds is 9. The van der Waals surface area contributed by atoms with Gasteiger partial charge < -0.3 is 19.1 Å². The van der Waals surface area contributed by atoms with Gasteiger partial charge >= 0.3 is 0 Å². The van der Waals surface area contributed by atoms with Crippen LogP contribution in [0.4, 0.5) is 4.39 Å². The van der Waals surface area contributed by atoms with Gasteiger partial charge in [-0.1, -0.05) is 24.1 Å². The van der Waals surface area contributed by atoms with E-state index in [9.17, 15) is 9.18 Å². The Kier molecular flexibility index (Phi) is 7.70. The van der Waals surface area contributed by atoms with Crippen molar-refractivity contribution in [3.8, 4) is 29.6 Å². The zero-order valence-corrected chi connectivity index (χ0v) is 16.3. The first kappa shape index (κ1) is 21.1. The summed E-state index contributed by atoms with van der Waals surface area (Å²) < 4.78 is 29.2. The van der Waals surface area contributed by atoms with E-state index in [4.69, 9.17) is 20.6 Å². The van der Waals surface area contributed by atoms with Gasteiger partial charge in [0.15, 0.2) is 11.5 Å². The minimum absolute atomic E-state index is 0.0980. The minimum atomic E-state index is -0.320. The number of carbonyl (C=O) groups excluding carboxylic acids is 1. The molecule has 5 nitrogen and oxygen atoms in total. The molecule has 0 aliphatic rings. The normalized spacial score (nSPS) is 10.1. The number of methoxy groups -OCH3 is 3. The zero-order valence-electron chi connectivity index (χ0n) is 16.3. The highest BCUT2D eigenvalue weighted by molar-refractivity contribution is 5.77. The van der Waals surface area contributed by atoms with Gasteiger partial charge in [0.2, 0.25) is 11.7 Å². The van der Waals surface area contributed by atoms with Crippen LogP contribution < -0.4 is 14.2 Å². The molecule has 2 rings (SSSR count). The van der Waals surface area contributed by atoms with Crippen molar-refractivity contribution in [1.29, 1.82) is 0 Å². The Bertz CT molecular complexity index is 843. The Morgan fingerprint density at radius 2 is 1.71 bits per heavy atom. The molecule has 2 aromatic rings. The van der Waals surface area contributed by atoms with Crippen LogP contribution in [0.1, 0.15) is 17.5 Å². The van der Waals surface area contributed by atoms with E-state index in [-0.39, 0.29) is 24.7 Å². The van der Waals surface area contributed by atoms with Gasteiger partial charge in [0.25, 0.3) is 0 Å². The van der Waals surface area contributed by atoms with E-state index < -0.39 is 0 Å². The number of hydrogen-bond acceptors (Lipinski definition) is 4. The summed E-state index contributed by atoms with van der Waals surface area (Å²) in [4.78, 5) is 14.3. The van der Waals surface area contributed by atoms with E-state index in [1.165, 1.54) is 19.2 Å². The number of ether oxygens (including phenoxy) is 3. The number of aryl methyl sites for hydroxylation is 1. The van der Waals surface area contributed by atoms with Crippen molar-refractivity contribution in [2.24, 2.45) is 0 Å². The second-order valence-corrected chi connectivity index (χ2v) is 6.07. The lowest BCUT2D eigenvalue weighted by Gasteiger charge is -2.21. The van der Waals surface area contributed by atoms with E-state index in [1.807, 2.05) is 6.07 Å². The van der Waals surface area contributed by atoms with Crippen LogP contribution in [0.3, 0.4) is 0 Å². The molecule has 0 spiro atoms. The number of terminal acetylenes is 1. The highest BCUT2D eigenvalue weighted by Gasteiger charge is 2.18. The Labute approximate surface area is 165 Å². The highest BCUT2D eigenvalue weighted by atomic mass is 19.1. The van der Waals surface area contributed by atoms with Crippen molar-refractivity contribution in [3.63, 3.8) is 0 Å². The van der Waals surface area contributed by atoms with Crippen molar-refractivity contribution in [2.75, 3.05) is 27.9 Å². The monoisotopic (exact) mass is 385 g/mol. The molecule has 148 valence electrons. The van der Waals surface area contributed by atoms with Crippen molar-refractivity contribution in [2.45, 2.75) is 19.4 Å². The van der Waals surface area contributed by atoms with Gasteiger partial charge in [0.05, 0.1) is 27.9 Å². The van der Waals surface area contributed by atoms with Gasteiger partial charge in [-0.15, -0.1) is 6.42 Å². The van der Waals surface area contributed by atoms with Crippen LogP contribution in [0.25, 0.3) is 0 Å². The van der Waals surface area contributed by atoms with E-state index in [2.05, 4.69) is 5.92 Å². The molecule has 0 aromatic heterocycles. The first-order chi connectivity index (χ1) is 13.5. The van der Waals surface area contributed by atoms with E-state index in [0.29, 0.717) is 30.2 Å². The predicted molar refractivity (Wildman–Crippen MR) is 105 cm³/mol. The molecular formula is C22H24FNO4. The topological polar surface area (TPSA) is 48.0 Å². The predicted octanol–water partition coefficient (Wildman–Crippen LogP) is 3.45. The van der Waals surface area contributed by atoms with Crippen molar-refractivity contribution in [3.05, 3.63) is 53.3 Å². The number of nitrogens with zero attached hydrogens (tertiary/aromatic N) is 1. The fraction of sp³-hybridized carbons (Fsp3) is 0.318. The second kappa shape index (κ2) is 10.2. The molecule has 6 heteroatoms. The molecule has 0 bridgehead atoms. The first-order valence-corrected chi connectivity index (χ1v) is 8.77. The lowest BCUT2D eigenvalue weighted by Crippen LogP contribution is -2.31. The first-order valence-electron chi connectivity index (χ1n) is 8.77. The van der Waals surface area contributed by atoms with Gasteiger partial charge in [-0.05, 0) is 35.7 Å². The Hall–Kier alpha value is -3.20. The summed E-state index contributed by atoms with van der Waals surface area (Å²) >= 11 is 0. The van der Waals surface area contributed by atoms with Gasteiger partial charge in [0.1, 0.15) is 5.82 Å². The molecule has 0 N–H and O–H groups in total. The molecule has 0 radical (unpaired) electrons. The zero-order chi connectivity index (χ0) is 20.5. The lowest BCUT2D eigenvalue weighted by molar-refractivity contribution is -0.131. The summed E-state index contributed by atoms with van der Waals surface area (Å²) in [6, 6.07) is 9.63. The summed E-state index contributed by atoms with van der Waals surface area (Å²) in [5.74, 6) is 3.67. The third-order valence-corrected chi connectivity index (χ3v) is 4.32. The molecule has 0 unspecified atom stereocenters. The number of hydrogen-bond donors (Lipinski definition) is 0. The van der Waals surface area contributed by atoms with Gasteiger partial charge in [-0.25, -0.2) is 4.39 Å². The maximum Gasteiger partial charge on any atom is 0.223 e. The van der Waals surface area contributed by atoms with Gasteiger partial charge in [-0.2, -0.15) is 0 Å². The van der Waals surface area contributed by atoms with Crippen molar-refractivity contribution in [1.82, 2.24) is 4.90 Å². The number of benzene rings is 2. The quantitative estimate of drug-likeness (QED) is 0.621. The summed E-state index contributed by atoms with van der Waals surface area (Å²) in [7, 11) is 4.63. The molecule has 0 aliphatic heterocycles. The van der Waals surface area contributed by atoms with Crippen LogP contribution >= 0.6 is 0 Å². The van der Waals surface area contributed by atoms with Crippen molar-refractivity contribution < 1.29 is 23.4 Å². The van der Waals surface area contributed by atoms with E-state index in [0.717, 1.165) is 11.1 Å². The average Bonchev–Trinajstić information content (AvgIpc) is 2.72. The molecule has 0 saturated heterocycles. The molecule has 0 aliphatic carbocycles. The third kappa shape index (κ3) is 5.17. The summed E-state index contributed by atoms with van der Waals surface area (Å²) in [6.07, 6.45) is 6.11. The van der Waals surface area contributed by atoms with Crippen LogP contribution in [0.2, 0.25) is 0 Å². The molecule has 0 heterocycles. The average molecular weight is 385 g/mol. The maximum absolute atomic E-state index is 13.1. The third-order valence-electron chi connectivity index (χ3n) is 4.32. The largest absolute Gasteiger partial charge is 0.493 e. The summed E-state index contributed by atoms with van der Waals surface area (Å²) in [6.45, 7) is 0.506. The van der Waals surface area contributed by atoms with Crippen LogP contribution in [-0.2, 0) is 17.8 Å². The van der Waals surface area contributed by atoms with Crippen LogP contribution in [-0.4, -0.2) is 38.7 Å². The fourth-order valence-electron chi connectivity index (χ4n) is 2.91. The van der Waals surface area contributed by atoms with E-state index in [1.54, 1.807) is 37.3 Å². The Morgan fingerprint density at radius 3 is 2.29 bits per heavy atom. The summed E-state index contributed by atoms with van der Waals surface area (Å²) in [5.41, 5.74) is 1.64. The lowest BCUT2D eigenvalue weighted by atomic mass is 10.1. The highest BCUT2D eigenvalue weighted by Crippen LogP contribution is 2.40. The number of halogens is 1. The Balaban J connectivity index is 2.12. The molecular weight excluding hydrogens is 361 g/mol. The minimum Gasteiger partial charge on any atom is -0.493 e. The van der Waals surface area contributed by atoms with Gasteiger partial charge in [0, 0.05) is 13.0 Å².